The Labute approximate surface area is 95.1 Å². The lowest BCUT2D eigenvalue weighted by atomic mass is 10.1. The van der Waals surface area contributed by atoms with Crippen LogP contribution >= 0.6 is 11.6 Å². The van der Waals surface area contributed by atoms with Crippen LogP contribution in [0, 0.1) is 0 Å². The minimum Gasteiger partial charge on any atom is -0.494 e. The maximum atomic E-state index is 5.87. The maximum Gasteiger partial charge on any atom is 0.124 e. The van der Waals surface area contributed by atoms with E-state index in [-0.39, 0.29) is 6.10 Å². The van der Waals surface area contributed by atoms with Crippen LogP contribution < -0.4 is 9.47 Å². The zero-order chi connectivity index (χ0) is 10.8. The third-order valence-corrected chi connectivity index (χ3v) is 2.81. The van der Waals surface area contributed by atoms with Crippen LogP contribution in [0.5, 0.6) is 11.5 Å². The summed E-state index contributed by atoms with van der Waals surface area (Å²) in [6.45, 7) is 4.71. The number of hydrogen-bond donors (Lipinski definition) is 0. The summed E-state index contributed by atoms with van der Waals surface area (Å²) < 4.78 is 11.2. The molecule has 0 saturated heterocycles. The maximum absolute atomic E-state index is 5.87. The molecule has 0 aliphatic carbocycles. The van der Waals surface area contributed by atoms with Gasteiger partial charge >= 0.3 is 0 Å². The van der Waals surface area contributed by atoms with Gasteiger partial charge in [-0.15, -0.1) is 11.6 Å². The second-order valence-corrected chi connectivity index (χ2v) is 4.03. The van der Waals surface area contributed by atoms with Crippen LogP contribution in [0.2, 0.25) is 0 Å². The lowest BCUT2D eigenvalue weighted by molar-refractivity contribution is 0.254. The Hall–Kier alpha value is -0.890. The first-order valence-corrected chi connectivity index (χ1v) is 5.79. The molecule has 0 spiro atoms. The highest BCUT2D eigenvalue weighted by Crippen LogP contribution is 2.35. The van der Waals surface area contributed by atoms with Gasteiger partial charge in [0.1, 0.15) is 17.6 Å². The van der Waals surface area contributed by atoms with Crippen molar-refractivity contribution in [2.45, 2.75) is 32.3 Å². The molecule has 1 aromatic rings. The number of alkyl halides is 1. The van der Waals surface area contributed by atoms with E-state index in [1.165, 1.54) is 5.56 Å². The predicted molar refractivity (Wildman–Crippen MR) is 61.0 cm³/mol. The lowest BCUT2D eigenvalue weighted by Crippen LogP contribution is -2.05. The Morgan fingerprint density at radius 1 is 1.53 bits per heavy atom. The Balaban J connectivity index is 2.36. The van der Waals surface area contributed by atoms with Crippen molar-refractivity contribution in [2.75, 3.05) is 6.61 Å². The first kappa shape index (κ1) is 10.6. The number of benzene rings is 1. The monoisotopic (exact) mass is 226 g/mol. The van der Waals surface area contributed by atoms with Crippen molar-refractivity contribution < 1.29 is 9.47 Å². The zero-order valence-corrected chi connectivity index (χ0v) is 9.80. The van der Waals surface area contributed by atoms with Gasteiger partial charge in [0.2, 0.25) is 0 Å². The molecule has 1 heterocycles. The van der Waals surface area contributed by atoms with E-state index in [0.29, 0.717) is 12.5 Å². The van der Waals surface area contributed by atoms with E-state index >= 15 is 0 Å². The highest BCUT2D eigenvalue weighted by Gasteiger charge is 2.21. The summed E-state index contributed by atoms with van der Waals surface area (Å²) in [5.74, 6) is 2.31. The van der Waals surface area contributed by atoms with E-state index in [9.17, 15) is 0 Å². The number of hydrogen-bond acceptors (Lipinski definition) is 2. The van der Waals surface area contributed by atoms with Gasteiger partial charge < -0.3 is 9.47 Å². The summed E-state index contributed by atoms with van der Waals surface area (Å²) in [6, 6.07) is 4.05. The largest absolute Gasteiger partial charge is 0.494 e. The van der Waals surface area contributed by atoms with Gasteiger partial charge in [-0.05, 0) is 26.0 Å². The van der Waals surface area contributed by atoms with Crippen LogP contribution in [0.3, 0.4) is 0 Å². The van der Waals surface area contributed by atoms with Crippen molar-refractivity contribution in [2.24, 2.45) is 0 Å². The second kappa shape index (κ2) is 4.31. The van der Waals surface area contributed by atoms with Crippen LogP contribution in [0.25, 0.3) is 0 Å². The Kier molecular flexibility index (Phi) is 3.06. The van der Waals surface area contributed by atoms with E-state index in [0.717, 1.165) is 23.5 Å². The molecule has 15 heavy (non-hydrogen) atoms. The average molecular weight is 227 g/mol. The van der Waals surface area contributed by atoms with Gasteiger partial charge in [0.05, 0.1) is 12.5 Å². The fourth-order valence-electron chi connectivity index (χ4n) is 1.88. The molecule has 0 saturated carbocycles. The lowest BCUT2D eigenvalue weighted by Gasteiger charge is -2.10. The zero-order valence-electron chi connectivity index (χ0n) is 9.05. The standard InChI is InChI=1S/C12H15ClO2/c1-3-14-11-5-9-4-8(2)15-12(9)6-10(11)7-13/h5-6,8H,3-4,7H2,1-2H3/t8-/m0/s1. The molecule has 1 aliphatic heterocycles. The second-order valence-electron chi connectivity index (χ2n) is 3.77. The molecule has 0 amide bonds. The predicted octanol–water partition coefficient (Wildman–Crippen LogP) is 3.15. The van der Waals surface area contributed by atoms with Crippen molar-refractivity contribution in [3.05, 3.63) is 23.3 Å². The van der Waals surface area contributed by atoms with E-state index in [1.54, 1.807) is 0 Å². The summed E-state index contributed by atoms with van der Waals surface area (Å²) in [4.78, 5) is 0. The molecule has 2 rings (SSSR count). The number of fused-ring (bicyclic) bond motifs is 1. The first-order chi connectivity index (χ1) is 7.24. The minimum atomic E-state index is 0.264. The Morgan fingerprint density at radius 3 is 3.00 bits per heavy atom. The SMILES string of the molecule is CCOc1cc2c(cc1CCl)O[C@@H](C)C2. The molecule has 82 valence electrons. The number of rotatable bonds is 3. The number of halogens is 1. The molecule has 0 N–H and O–H groups in total. The molecular weight excluding hydrogens is 212 g/mol. The van der Waals surface area contributed by atoms with Gasteiger partial charge in [-0.1, -0.05) is 0 Å². The summed E-state index contributed by atoms with van der Waals surface area (Å²) in [7, 11) is 0. The molecule has 0 fully saturated rings. The fourth-order valence-corrected chi connectivity index (χ4v) is 2.08. The van der Waals surface area contributed by atoms with Crippen molar-refractivity contribution in [3.8, 4) is 11.5 Å². The molecule has 0 aromatic heterocycles. The Bertz CT molecular complexity index is 363. The van der Waals surface area contributed by atoms with E-state index in [1.807, 2.05) is 13.0 Å². The topological polar surface area (TPSA) is 18.5 Å². The molecule has 1 aliphatic rings. The molecule has 1 atom stereocenters. The highest BCUT2D eigenvalue weighted by atomic mass is 35.5. The molecule has 2 nitrogen and oxygen atoms in total. The van der Waals surface area contributed by atoms with Crippen LogP contribution in [0.15, 0.2) is 12.1 Å². The quantitative estimate of drug-likeness (QED) is 0.738. The van der Waals surface area contributed by atoms with Crippen LogP contribution in [-0.2, 0) is 12.3 Å². The van der Waals surface area contributed by atoms with Gasteiger partial charge in [-0.2, -0.15) is 0 Å². The summed E-state index contributed by atoms with van der Waals surface area (Å²) in [5, 5.41) is 0. The molecule has 3 heteroatoms. The van der Waals surface area contributed by atoms with Crippen LogP contribution in [-0.4, -0.2) is 12.7 Å². The minimum absolute atomic E-state index is 0.264. The first-order valence-electron chi connectivity index (χ1n) is 5.25. The van der Waals surface area contributed by atoms with Gasteiger partial charge in [-0.3, -0.25) is 0 Å². The fraction of sp³-hybridized carbons (Fsp3) is 0.500. The van der Waals surface area contributed by atoms with E-state index in [4.69, 9.17) is 21.1 Å². The third-order valence-electron chi connectivity index (χ3n) is 2.52. The van der Waals surface area contributed by atoms with Gasteiger partial charge in [-0.25, -0.2) is 0 Å². The average Bonchev–Trinajstić information content (AvgIpc) is 2.56. The molecule has 0 bridgehead atoms. The normalized spacial score (nSPS) is 18.5. The molecule has 0 radical (unpaired) electrons. The summed E-state index contributed by atoms with van der Waals surface area (Å²) >= 11 is 5.87. The molecular formula is C12H15ClO2. The third kappa shape index (κ3) is 2.05. The number of ether oxygens (including phenoxy) is 2. The molecule has 0 unspecified atom stereocenters. The Morgan fingerprint density at radius 2 is 2.33 bits per heavy atom. The van der Waals surface area contributed by atoms with Crippen molar-refractivity contribution in [3.63, 3.8) is 0 Å². The van der Waals surface area contributed by atoms with Gasteiger partial charge in [0.15, 0.2) is 0 Å². The van der Waals surface area contributed by atoms with Crippen molar-refractivity contribution in [1.82, 2.24) is 0 Å². The summed E-state index contributed by atoms with van der Waals surface area (Å²) in [5.41, 5.74) is 2.23. The van der Waals surface area contributed by atoms with E-state index < -0.39 is 0 Å². The smallest absolute Gasteiger partial charge is 0.124 e. The van der Waals surface area contributed by atoms with Crippen molar-refractivity contribution >= 4 is 11.6 Å². The van der Waals surface area contributed by atoms with E-state index in [2.05, 4.69) is 13.0 Å². The summed E-state index contributed by atoms with van der Waals surface area (Å²) in [6.07, 6.45) is 1.22. The van der Waals surface area contributed by atoms with Crippen LogP contribution in [0.1, 0.15) is 25.0 Å². The molecule has 1 aromatic carbocycles. The van der Waals surface area contributed by atoms with Crippen molar-refractivity contribution in [1.29, 1.82) is 0 Å². The highest BCUT2D eigenvalue weighted by molar-refractivity contribution is 6.17. The van der Waals surface area contributed by atoms with Gasteiger partial charge in [0, 0.05) is 17.5 Å². The van der Waals surface area contributed by atoms with Crippen LogP contribution in [0.4, 0.5) is 0 Å². The van der Waals surface area contributed by atoms with Gasteiger partial charge in [0.25, 0.3) is 0 Å².